The lowest BCUT2D eigenvalue weighted by Crippen LogP contribution is -2.30. The van der Waals surface area contributed by atoms with E-state index in [-0.39, 0.29) is 17.3 Å². The zero-order chi connectivity index (χ0) is 25.4. The molecule has 2 heterocycles. The van der Waals surface area contributed by atoms with E-state index >= 15 is 0 Å². The van der Waals surface area contributed by atoms with E-state index in [9.17, 15) is 14.7 Å². The highest BCUT2D eigenvalue weighted by Crippen LogP contribution is 2.43. The Hall–Kier alpha value is -3.93. The summed E-state index contributed by atoms with van der Waals surface area (Å²) in [4.78, 5) is 32.8. The minimum Gasteiger partial charge on any atom is -0.507 e. The number of carbonyl (C=O) groups excluding carboxylic acids is 2. The number of amides is 1. The number of aliphatic hydroxyl groups is 1. The zero-order valence-corrected chi connectivity index (χ0v) is 20.9. The van der Waals surface area contributed by atoms with E-state index in [1.165, 1.54) is 4.90 Å². The number of methoxy groups -OCH3 is 1. The van der Waals surface area contributed by atoms with Crippen LogP contribution < -0.4 is 9.64 Å². The summed E-state index contributed by atoms with van der Waals surface area (Å²) in [5.74, 6) is -0.799. The molecule has 0 radical (unpaired) electrons. The van der Waals surface area contributed by atoms with Gasteiger partial charge in [0.2, 0.25) is 0 Å². The number of nitrogens with zero attached hydrogens (tertiary/aromatic N) is 2. The van der Waals surface area contributed by atoms with Crippen molar-refractivity contribution in [2.24, 2.45) is 0 Å². The van der Waals surface area contributed by atoms with E-state index in [0.29, 0.717) is 22.7 Å². The number of benzene rings is 2. The van der Waals surface area contributed by atoms with Gasteiger partial charge in [0.05, 0.1) is 18.4 Å². The van der Waals surface area contributed by atoms with E-state index in [2.05, 4.69) is 4.98 Å². The Morgan fingerprint density at radius 1 is 1.03 bits per heavy atom. The third kappa shape index (κ3) is 4.20. The molecule has 1 aromatic heterocycles. The van der Waals surface area contributed by atoms with Crippen LogP contribution in [0.25, 0.3) is 5.76 Å². The smallest absolute Gasteiger partial charge is 0.300 e. The summed E-state index contributed by atoms with van der Waals surface area (Å²) >= 11 is 0. The van der Waals surface area contributed by atoms with Crippen molar-refractivity contribution < 1.29 is 19.4 Å². The lowest BCUT2D eigenvalue weighted by molar-refractivity contribution is -0.132. The third-order valence-corrected chi connectivity index (χ3v) is 6.49. The van der Waals surface area contributed by atoms with Gasteiger partial charge in [-0.05, 0) is 79.3 Å². The number of carbonyl (C=O) groups is 2. The number of ether oxygens (including phenoxy) is 1. The molecule has 1 saturated heterocycles. The molecule has 1 unspecified atom stereocenters. The zero-order valence-electron chi connectivity index (χ0n) is 20.9. The van der Waals surface area contributed by atoms with Crippen molar-refractivity contribution in [2.45, 2.75) is 46.6 Å². The first kappa shape index (κ1) is 24.2. The van der Waals surface area contributed by atoms with Gasteiger partial charge in [0.25, 0.3) is 11.7 Å². The fourth-order valence-corrected chi connectivity index (χ4v) is 4.60. The average molecular weight is 471 g/mol. The van der Waals surface area contributed by atoms with Gasteiger partial charge >= 0.3 is 0 Å². The quantitative estimate of drug-likeness (QED) is 0.291. The molecule has 1 aliphatic heterocycles. The Bertz CT molecular complexity index is 1340. The predicted molar refractivity (Wildman–Crippen MR) is 137 cm³/mol. The number of aromatic nitrogens is 1. The number of anilines is 1. The molecule has 1 atom stereocenters. The minimum absolute atomic E-state index is 0.0255. The Balaban J connectivity index is 2.00. The number of hydrogen-bond donors (Lipinski definition) is 1. The number of Topliss-reactive ketones (excluding diaryl/α,β-unsaturated/α-hetero) is 1. The first-order valence-corrected chi connectivity index (χ1v) is 11.6. The molecule has 35 heavy (non-hydrogen) atoms. The van der Waals surface area contributed by atoms with Crippen molar-refractivity contribution in [3.05, 3.63) is 93.8 Å². The molecule has 2 aromatic carbocycles. The van der Waals surface area contributed by atoms with Gasteiger partial charge in [-0.1, -0.05) is 32.0 Å². The molecule has 0 saturated carbocycles. The molecule has 3 aromatic rings. The standard InChI is InChI=1S/C29H30N2O4/c1-16(2)20-15-21(19(5)14-24(20)35-6)27(32)25-26(22-9-7-8-12-30-22)31(29(34)28(25)33)23-13-17(3)10-11-18(23)4/h7-16,26,32H,1-6H3/b27-25+. The SMILES string of the molecule is COc1cc(C)c(/C(O)=C2\C(=O)C(=O)N(c3cc(C)ccc3C)C2c2ccccn2)cc1C(C)C. The highest BCUT2D eigenvalue weighted by atomic mass is 16.5. The Kier molecular flexibility index (Phi) is 6.48. The molecule has 0 bridgehead atoms. The van der Waals surface area contributed by atoms with Crippen LogP contribution in [0.4, 0.5) is 5.69 Å². The maximum atomic E-state index is 13.5. The molecular weight excluding hydrogens is 440 g/mol. The van der Waals surface area contributed by atoms with Crippen molar-refractivity contribution in [2.75, 3.05) is 12.0 Å². The summed E-state index contributed by atoms with van der Waals surface area (Å²) in [5, 5.41) is 11.6. The number of hydrogen-bond acceptors (Lipinski definition) is 5. The summed E-state index contributed by atoms with van der Waals surface area (Å²) in [6.07, 6.45) is 1.62. The van der Waals surface area contributed by atoms with Gasteiger partial charge in [-0.3, -0.25) is 19.5 Å². The second kappa shape index (κ2) is 9.37. The van der Waals surface area contributed by atoms with Crippen LogP contribution in [0.2, 0.25) is 0 Å². The molecule has 1 N–H and O–H groups in total. The summed E-state index contributed by atoms with van der Waals surface area (Å²) in [6, 6.07) is 13.9. The summed E-state index contributed by atoms with van der Waals surface area (Å²) < 4.78 is 5.54. The van der Waals surface area contributed by atoms with Crippen molar-refractivity contribution in [3.8, 4) is 5.75 Å². The maximum Gasteiger partial charge on any atom is 0.300 e. The van der Waals surface area contributed by atoms with Crippen LogP contribution in [-0.2, 0) is 9.59 Å². The summed E-state index contributed by atoms with van der Waals surface area (Å²) in [7, 11) is 1.61. The van der Waals surface area contributed by atoms with Gasteiger partial charge in [0, 0.05) is 17.4 Å². The fraction of sp³-hybridized carbons (Fsp3) is 0.276. The monoisotopic (exact) mass is 470 g/mol. The van der Waals surface area contributed by atoms with Gasteiger partial charge in [0.1, 0.15) is 17.6 Å². The van der Waals surface area contributed by atoms with Gasteiger partial charge in [0.15, 0.2) is 0 Å². The molecule has 1 aliphatic rings. The van der Waals surface area contributed by atoms with E-state index in [0.717, 1.165) is 22.3 Å². The highest BCUT2D eigenvalue weighted by Gasteiger charge is 2.48. The molecule has 4 rings (SSSR count). The number of ketones is 1. The first-order valence-electron chi connectivity index (χ1n) is 11.6. The second-order valence-electron chi connectivity index (χ2n) is 9.28. The molecule has 0 aliphatic carbocycles. The average Bonchev–Trinajstić information content (AvgIpc) is 3.10. The molecule has 0 spiro atoms. The first-order chi connectivity index (χ1) is 16.6. The largest absolute Gasteiger partial charge is 0.507 e. The number of aliphatic hydroxyl groups excluding tert-OH is 1. The summed E-state index contributed by atoms with van der Waals surface area (Å²) in [6.45, 7) is 9.74. The van der Waals surface area contributed by atoms with Crippen LogP contribution >= 0.6 is 0 Å². The van der Waals surface area contributed by atoms with E-state index in [4.69, 9.17) is 4.74 Å². The third-order valence-electron chi connectivity index (χ3n) is 6.49. The van der Waals surface area contributed by atoms with Crippen LogP contribution in [0.1, 0.15) is 59.3 Å². The topological polar surface area (TPSA) is 79.7 Å². The number of aryl methyl sites for hydroxylation is 3. The Labute approximate surface area is 205 Å². The maximum absolute atomic E-state index is 13.5. The normalized spacial score (nSPS) is 17.3. The Morgan fingerprint density at radius 3 is 2.40 bits per heavy atom. The molecular formula is C29H30N2O4. The van der Waals surface area contributed by atoms with Crippen LogP contribution in [0.5, 0.6) is 5.75 Å². The molecule has 6 heteroatoms. The number of rotatable bonds is 5. The molecule has 6 nitrogen and oxygen atoms in total. The molecule has 1 fully saturated rings. The lowest BCUT2D eigenvalue weighted by atomic mass is 9.92. The van der Waals surface area contributed by atoms with Crippen LogP contribution in [-0.4, -0.2) is 28.9 Å². The number of pyridine rings is 1. The van der Waals surface area contributed by atoms with Gasteiger partial charge in [-0.25, -0.2) is 0 Å². The molecule has 1 amide bonds. The van der Waals surface area contributed by atoms with Crippen LogP contribution in [0.15, 0.2) is 60.3 Å². The summed E-state index contributed by atoms with van der Waals surface area (Å²) in [5.41, 5.74) is 5.09. The van der Waals surface area contributed by atoms with Gasteiger partial charge < -0.3 is 9.84 Å². The Morgan fingerprint density at radius 2 is 1.77 bits per heavy atom. The van der Waals surface area contributed by atoms with Gasteiger partial charge in [-0.15, -0.1) is 0 Å². The second-order valence-corrected chi connectivity index (χ2v) is 9.28. The van der Waals surface area contributed by atoms with E-state index in [1.807, 2.05) is 65.0 Å². The minimum atomic E-state index is -0.860. The molecule has 180 valence electrons. The fourth-order valence-electron chi connectivity index (χ4n) is 4.60. The van der Waals surface area contributed by atoms with Crippen LogP contribution in [0.3, 0.4) is 0 Å². The van der Waals surface area contributed by atoms with E-state index in [1.54, 1.807) is 31.5 Å². The van der Waals surface area contributed by atoms with Crippen molar-refractivity contribution in [1.29, 1.82) is 0 Å². The van der Waals surface area contributed by atoms with E-state index < -0.39 is 17.7 Å². The van der Waals surface area contributed by atoms with Gasteiger partial charge in [-0.2, -0.15) is 0 Å². The lowest BCUT2D eigenvalue weighted by Gasteiger charge is -2.26. The van der Waals surface area contributed by atoms with Crippen molar-refractivity contribution >= 4 is 23.1 Å². The van der Waals surface area contributed by atoms with Crippen LogP contribution in [0, 0.1) is 20.8 Å². The predicted octanol–water partition coefficient (Wildman–Crippen LogP) is 5.77. The highest BCUT2D eigenvalue weighted by molar-refractivity contribution is 6.51. The van der Waals surface area contributed by atoms with Crippen molar-refractivity contribution in [3.63, 3.8) is 0 Å². The van der Waals surface area contributed by atoms with Crippen molar-refractivity contribution in [1.82, 2.24) is 4.98 Å².